The fraction of sp³-hybridized carbons (Fsp3) is 0.0455. The van der Waals surface area contributed by atoms with Gasteiger partial charge < -0.3 is 9.88 Å². The normalized spacial score (nSPS) is 11.5. The number of fused-ring (bicyclic) bond motifs is 1. The largest absolute Gasteiger partial charge is 0.337 e. The van der Waals surface area contributed by atoms with E-state index in [-0.39, 0.29) is 22.2 Å². The third-order valence-electron chi connectivity index (χ3n) is 4.59. The van der Waals surface area contributed by atoms with Gasteiger partial charge in [0.05, 0.1) is 9.79 Å². The number of rotatable bonds is 5. The number of carbonyl (C=O) groups excluding carboxylic acids is 1. The van der Waals surface area contributed by atoms with Crippen LogP contribution < -0.4 is 5.32 Å². The number of sulfone groups is 1. The minimum Gasteiger partial charge on any atom is -0.337 e. The second-order valence-corrected chi connectivity index (χ2v) is 9.45. The van der Waals surface area contributed by atoms with Gasteiger partial charge in [0.2, 0.25) is 15.7 Å². The molecule has 4 rings (SSSR count). The summed E-state index contributed by atoms with van der Waals surface area (Å²) in [5.74, 6) is -0.298. The maximum absolute atomic E-state index is 13.2. The molecule has 0 saturated heterocycles. The number of hydrogen-bond donors (Lipinski definition) is 1. The van der Waals surface area contributed by atoms with Crippen LogP contribution in [0.3, 0.4) is 0 Å². The molecule has 152 valence electrons. The van der Waals surface area contributed by atoms with Crippen molar-refractivity contribution in [2.75, 3.05) is 5.32 Å². The molecule has 0 fully saturated rings. The molecule has 5 nitrogen and oxygen atoms in total. The molecule has 0 atom stereocenters. The molecular formula is C22H16Cl2N2O3S. The second-order valence-electron chi connectivity index (χ2n) is 6.65. The highest BCUT2D eigenvalue weighted by Crippen LogP contribution is 2.30. The molecule has 0 aliphatic heterocycles. The van der Waals surface area contributed by atoms with E-state index < -0.39 is 9.84 Å². The molecule has 0 aliphatic rings. The van der Waals surface area contributed by atoms with Crippen LogP contribution in [0.25, 0.3) is 10.9 Å². The molecule has 8 heteroatoms. The van der Waals surface area contributed by atoms with Gasteiger partial charge in [-0.05, 0) is 48.5 Å². The molecule has 1 N–H and O–H groups in total. The van der Waals surface area contributed by atoms with Gasteiger partial charge in [0, 0.05) is 32.8 Å². The van der Waals surface area contributed by atoms with Crippen LogP contribution in [0.2, 0.25) is 10.0 Å². The van der Waals surface area contributed by atoms with Gasteiger partial charge >= 0.3 is 0 Å². The summed E-state index contributed by atoms with van der Waals surface area (Å²) in [6.07, 6.45) is 1.49. The summed E-state index contributed by atoms with van der Waals surface area (Å²) in [7, 11) is -3.79. The van der Waals surface area contributed by atoms with Crippen molar-refractivity contribution in [3.05, 3.63) is 89.0 Å². The van der Waals surface area contributed by atoms with Crippen molar-refractivity contribution in [1.29, 1.82) is 0 Å². The molecule has 1 amide bonds. The Morgan fingerprint density at radius 3 is 2.37 bits per heavy atom. The van der Waals surface area contributed by atoms with Crippen molar-refractivity contribution in [1.82, 2.24) is 4.57 Å². The lowest BCUT2D eigenvalue weighted by atomic mass is 10.2. The predicted molar refractivity (Wildman–Crippen MR) is 119 cm³/mol. The molecule has 0 unspecified atom stereocenters. The van der Waals surface area contributed by atoms with Crippen LogP contribution in [0.4, 0.5) is 5.69 Å². The molecule has 1 heterocycles. The van der Waals surface area contributed by atoms with Crippen LogP contribution in [-0.2, 0) is 21.2 Å². The van der Waals surface area contributed by atoms with E-state index in [1.165, 1.54) is 30.5 Å². The smallest absolute Gasteiger partial charge is 0.244 e. The van der Waals surface area contributed by atoms with E-state index in [4.69, 9.17) is 23.2 Å². The van der Waals surface area contributed by atoms with Crippen LogP contribution in [-0.4, -0.2) is 18.9 Å². The summed E-state index contributed by atoms with van der Waals surface area (Å²) in [4.78, 5) is 12.8. The average Bonchev–Trinajstić information content (AvgIpc) is 3.07. The first-order valence-electron chi connectivity index (χ1n) is 8.98. The van der Waals surface area contributed by atoms with Gasteiger partial charge in [0.25, 0.3) is 0 Å². The van der Waals surface area contributed by atoms with Crippen LogP contribution in [0.5, 0.6) is 0 Å². The number of amides is 1. The molecule has 0 saturated carbocycles. The molecule has 3 aromatic carbocycles. The summed E-state index contributed by atoms with van der Waals surface area (Å²) in [5.41, 5.74) is 1.21. The third kappa shape index (κ3) is 4.07. The molecular weight excluding hydrogens is 443 g/mol. The van der Waals surface area contributed by atoms with Gasteiger partial charge in [0.1, 0.15) is 6.54 Å². The molecule has 30 heavy (non-hydrogen) atoms. The van der Waals surface area contributed by atoms with Gasteiger partial charge in [-0.2, -0.15) is 0 Å². The number of nitrogens with zero attached hydrogens (tertiary/aromatic N) is 1. The Hall–Kier alpha value is -2.80. The summed E-state index contributed by atoms with van der Waals surface area (Å²) in [6, 6.07) is 19.9. The Morgan fingerprint density at radius 1 is 0.900 bits per heavy atom. The number of nitrogens with one attached hydrogen (secondary N) is 1. The van der Waals surface area contributed by atoms with Crippen molar-refractivity contribution < 1.29 is 13.2 Å². The van der Waals surface area contributed by atoms with E-state index in [1.807, 2.05) is 0 Å². The lowest BCUT2D eigenvalue weighted by Crippen LogP contribution is -2.18. The molecule has 0 radical (unpaired) electrons. The van der Waals surface area contributed by atoms with Crippen LogP contribution in [0.1, 0.15) is 0 Å². The molecule has 1 aromatic heterocycles. The Kier molecular flexibility index (Phi) is 5.56. The number of carbonyl (C=O) groups is 1. The van der Waals surface area contributed by atoms with Crippen molar-refractivity contribution in [3.8, 4) is 0 Å². The zero-order chi connectivity index (χ0) is 21.3. The Labute approximate surface area is 183 Å². The van der Waals surface area contributed by atoms with Crippen molar-refractivity contribution >= 4 is 55.5 Å². The molecule has 0 aliphatic carbocycles. The molecule has 4 aromatic rings. The first kappa shape index (κ1) is 20.5. The Morgan fingerprint density at radius 2 is 1.63 bits per heavy atom. The number of benzene rings is 3. The highest BCUT2D eigenvalue weighted by atomic mass is 35.5. The maximum atomic E-state index is 13.2. The zero-order valence-corrected chi connectivity index (χ0v) is 17.9. The summed E-state index contributed by atoms with van der Waals surface area (Å²) < 4.78 is 28.1. The first-order valence-corrected chi connectivity index (χ1v) is 11.2. The highest BCUT2D eigenvalue weighted by molar-refractivity contribution is 7.91. The lowest BCUT2D eigenvalue weighted by Gasteiger charge is -2.07. The topological polar surface area (TPSA) is 68.2 Å². The van der Waals surface area contributed by atoms with Gasteiger partial charge in [-0.3, -0.25) is 4.79 Å². The minimum absolute atomic E-state index is 0.0524. The van der Waals surface area contributed by atoms with E-state index in [1.54, 1.807) is 53.1 Å². The van der Waals surface area contributed by atoms with Gasteiger partial charge in [-0.1, -0.05) is 47.5 Å². The quantitative estimate of drug-likeness (QED) is 0.434. The summed E-state index contributed by atoms with van der Waals surface area (Å²) >= 11 is 11.8. The maximum Gasteiger partial charge on any atom is 0.244 e. The third-order valence-corrected chi connectivity index (χ3v) is 6.87. The van der Waals surface area contributed by atoms with Gasteiger partial charge in [-0.25, -0.2) is 8.42 Å². The predicted octanol–water partition coefficient (Wildman–Crippen LogP) is 5.42. The Balaban J connectivity index is 1.70. The van der Waals surface area contributed by atoms with E-state index in [2.05, 4.69) is 5.32 Å². The Bertz CT molecular complexity index is 1350. The fourth-order valence-electron chi connectivity index (χ4n) is 3.22. The van der Waals surface area contributed by atoms with Gasteiger partial charge in [-0.15, -0.1) is 0 Å². The SMILES string of the molecule is O=C(Cn1cc(S(=O)(=O)c2ccc(Cl)cc2)c2ccccc21)Nc1cccc(Cl)c1. The highest BCUT2D eigenvalue weighted by Gasteiger charge is 2.23. The fourth-order valence-corrected chi connectivity index (χ4v) is 5.01. The average molecular weight is 459 g/mol. The van der Waals surface area contributed by atoms with E-state index >= 15 is 0 Å². The summed E-state index contributed by atoms with van der Waals surface area (Å²) in [5, 5.41) is 4.28. The standard InChI is InChI=1S/C22H16Cl2N2O3S/c23-15-8-10-18(11-9-15)30(28,29)21-13-26(20-7-2-1-6-19(20)21)14-22(27)25-17-5-3-4-16(24)12-17/h1-13H,14H2,(H,25,27). The van der Waals surface area contributed by atoms with E-state index in [0.29, 0.717) is 26.6 Å². The molecule has 0 bridgehead atoms. The number of aromatic nitrogens is 1. The number of para-hydroxylation sites is 1. The van der Waals surface area contributed by atoms with Crippen LogP contribution in [0, 0.1) is 0 Å². The number of anilines is 1. The zero-order valence-electron chi connectivity index (χ0n) is 15.5. The van der Waals surface area contributed by atoms with Gasteiger partial charge in [0.15, 0.2) is 0 Å². The van der Waals surface area contributed by atoms with Crippen LogP contribution >= 0.6 is 23.2 Å². The van der Waals surface area contributed by atoms with Crippen molar-refractivity contribution in [2.45, 2.75) is 16.3 Å². The van der Waals surface area contributed by atoms with E-state index in [9.17, 15) is 13.2 Å². The van der Waals surface area contributed by atoms with E-state index in [0.717, 1.165) is 0 Å². The molecule has 0 spiro atoms. The monoisotopic (exact) mass is 458 g/mol. The summed E-state index contributed by atoms with van der Waals surface area (Å²) in [6.45, 7) is -0.0524. The van der Waals surface area contributed by atoms with Crippen molar-refractivity contribution in [3.63, 3.8) is 0 Å². The number of halogens is 2. The lowest BCUT2D eigenvalue weighted by molar-refractivity contribution is -0.116. The number of hydrogen-bond acceptors (Lipinski definition) is 3. The first-order chi connectivity index (χ1) is 14.3. The second kappa shape index (κ2) is 8.14. The minimum atomic E-state index is -3.79. The van der Waals surface area contributed by atoms with Crippen LogP contribution in [0.15, 0.2) is 88.8 Å². The van der Waals surface area contributed by atoms with Crippen molar-refractivity contribution in [2.24, 2.45) is 0 Å².